The summed E-state index contributed by atoms with van der Waals surface area (Å²) in [4.78, 5) is 13.5. The molecule has 0 heterocycles. The number of rotatable bonds is 3. The normalized spacial score (nSPS) is 12.0. The summed E-state index contributed by atoms with van der Waals surface area (Å²) >= 11 is 0. The number of hydrogen-bond donors (Lipinski definition) is 1. The molecule has 0 radical (unpaired) electrons. The summed E-state index contributed by atoms with van der Waals surface area (Å²) < 4.78 is 0. The largest absolute Gasteiger partial charge is 0.354 e. The molecule has 0 saturated carbocycles. The van der Waals surface area contributed by atoms with Crippen molar-refractivity contribution in [2.24, 2.45) is 5.11 Å². The van der Waals surface area contributed by atoms with E-state index in [9.17, 15) is 4.79 Å². The molecule has 0 spiro atoms. The van der Waals surface area contributed by atoms with Crippen LogP contribution in [0.15, 0.2) is 5.11 Å². The van der Waals surface area contributed by atoms with E-state index < -0.39 is 6.04 Å². The second-order valence-electron chi connectivity index (χ2n) is 2.54. The van der Waals surface area contributed by atoms with E-state index in [4.69, 9.17) is 5.53 Å². The van der Waals surface area contributed by atoms with Crippen molar-refractivity contribution in [3.63, 3.8) is 0 Å². The van der Waals surface area contributed by atoms with Gasteiger partial charge in [-0.05, 0) is 26.3 Å². The van der Waals surface area contributed by atoms with Gasteiger partial charge in [0.05, 0.1) is 0 Å². The molecule has 1 atom stereocenters. The number of azide groups is 1. The highest BCUT2D eigenvalue weighted by Crippen LogP contribution is 1.90. The van der Waals surface area contributed by atoms with Gasteiger partial charge in [0.25, 0.3) is 0 Å². The fourth-order valence-corrected chi connectivity index (χ4v) is 0.535. The highest BCUT2D eigenvalue weighted by molar-refractivity contribution is 5.81. The Morgan fingerprint density at radius 1 is 1.55 bits per heavy atom. The molecule has 11 heavy (non-hydrogen) atoms. The van der Waals surface area contributed by atoms with Crippen LogP contribution in [0.3, 0.4) is 0 Å². The lowest BCUT2D eigenvalue weighted by Crippen LogP contribution is -2.36. The third-order valence-electron chi connectivity index (χ3n) is 1.04. The monoisotopic (exact) mass is 156 g/mol. The lowest BCUT2D eigenvalue weighted by Gasteiger charge is -2.09. The van der Waals surface area contributed by atoms with Crippen LogP contribution in [-0.2, 0) is 4.79 Å². The molecular weight excluding hydrogens is 144 g/mol. The minimum atomic E-state index is -0.623. The number of hydrogen-bond acceptors (Lipinski definition) is 2. The number of nitrogens with one attached hydrogen (secondary N) is 1. The van der Waals surface area contributed by atoms with Crippen LogP contribution >= 0.6 is 0 Å². The smallest absolute Gasteiger partial charge is 0.228 e. The third kappa shape index (κ3) is 4.22. The maximum absolute atomic E-state index is 11.0. The molecule has 0 unspecified atom stereocenters. The van der Waals surface area contributed by atoms with Crippen molar-refractivity contribution in [3.05, 3.63) is 10.4 Å². The summed E-state index contributed by atoms with van der Waals surface area (Å²) in [6.45, 7) is 5.25. The van der Waals surface area contributed by atoms with Crippen molar-refractivity contribution >= 4 is 5.91 Å². The Labute approximate surface area is 65.4 Å². The van der Waals surface area contributed by atoms with Gasteiger partial charge in [0.2, 0.25) is 5.91 Å². The van der Waals surface area contributed by atoms with Crippen molar-refractivity contribution in [2.75, 3.05) is 0 Å². The molecule has 0 aliphatic carbocycles. The van der Waals surface area contributed by atoms with Gasteiger partial charge in [-0.3, -0.25) is 4.79 Å². The number of amides is 1. The molecule has 1 amide bonds. The summed E-state index contributed by atoms with van der Waals surface area (Å²) in [7, 11) is 0. The van der Waals surface area contributed by atoms with Crippen LogP contribution in [0.4, 0.5) is 0 Å². The van der Waals surface area contributed by atoms with E-state index in [0.717, 1.165) is 0 Å². The topological polar surface area (TPSA) is 77.9 Å². The second-order valence-corrected chi connectivity index (χ2v) is 2.54. The number of nitrogens with zero attached hydrogens (tertiary/aromatic N) is 3. The first-order chi connectivity index (χ1) is 5.07. The van der Waals surface area contributed by atoms with Gasteiger partial charge < -0.3 is 5.32 Å². The van der Waals surface area contributed by atoms with Crippen molar-refractivity contribution in [1.29, 1.82) is 0 Å². The third-order valence-corrected chi connectivity index (χ3v) is 1.04. The molecule has 1 N–H and O–H groups in total. The summed E-state index contributed by atoms with van der Waals surface area (Å²) in [6, 6.07) is -0.541. The highest BCUT2D eigenvalue weighted by atomic mass is 16.2. The van der Waals surface area contributed by atoms with Gasteiger partial charge in [-0.1, -0.05) is 5.11 Å². The fraction of sp³-hybridized carbons (Fsp3) is 0.833. The molecule has 0 aliphatic heterocycles. The highest BCUT2D eigenvalue weighted by Gasteiger charge is 2.10. The van der Waals surface area contributed by atoms with E-state index in [1.807, 2.05) is 13.8 Å². The van der Waals surface area contributed by atoms with Gasteiger partial charge in [-0.15, -0.1) is 0 Å². The van der Waals surface area contributed by atoms with Crippen molar-refractivity contribution in [2.45, 2.75) is 32.9 Å². The zero-order valence-electron chi connectivity index (χ0n) is 6.90. The SMILES string of the molecule is CC(C)NC(=O)[C@@H](C)N=[N+]=[N-]. The second kappa shape index (κ2) is 4.57. The van der Waals surface area contributed by atoms with E-state index >= 15 is 0 Å². The predicted octanol–water partition coefficient (Wildman–Crippen LogP) is 1.21. The van der Waals surface area contributed by atoms with Crippen molar-refractivity contribution < 1.29 is 4.79 Å². The summed E-state index contributed by atoms with van der Waals surface area (Å²) in [5.74, 6) is -0.238. The average molecular weight is 156 g/mol. The first-order valence-electron chi connectivity index (χ1n) is 3.42. The lowest BCUT2D eigenvalue weighted by molar-refractivity contribution is -0.122. The summed E-state index contributed by atoms with van der Waals surface area (Å²) in [5.41, 5.74) is 8.00. The summed E-state index contributed by atoms with van der Waals surface area (Å²) in [5, 5.41) is 5.87. The quantitative estimate of drug-likeness (QED) is 0.372. The van der Waals surface area contributed by atoms with Crippen LogP contribution < -0.4 is 5.32 Å². The Morgan fingerprint density at radius 2 is 2.09 bits per heavy atom. The zero-order chi connectivity index (χ0) is 8.85. The molecule has 0 aliphatic rings. The van der Waals surface area contributed by atoms with Crippen LogP contribution in [0.5, 0.6) is 0 Å². The Hall–Kier alpha value is -1.22. The van der Waals surface area contributed by atoms with Crippen LogP contribution in [-0.4, -0.2) is 18.0 Å². The molecule has 0 aromatic rings. The minimum Gasteiger partial charge on any atom is -0.354 e. The predicted molar refractivity (Wildman–Crippen MR) is 41.9 cm³/mol. The van der Waals surface area contributed by atoms with Crippen LogP contribution in [0.25, 0.3) is 10.4 Å². The molecule has 5 nitrogen and oxygen atoms in total. The van der Waals surface area contributed by atoms with Gasteiger partial charge in [-0.2, -0.15) is 0 Å². The molecule has 0 saturated heterocycles. The van der Waals surface area contributed by atoms with E-state index in [2.05, 4.69) is 15.3 Å². The molecule has 62 valence electrons. The first kappa shape index (κ1) is 9.78. The Balaban J connectivity index is 3.92. The average Bonchev–Trinajstić information content (AvgIpc) is 1.86. The standard InChI is InChI=1S/C6H12N4O/c1-4(2)8-6(11)5(3)9-10-7/h4-5H,1-3H3,(H,8,11)/t5-/m1/s1. The van der Waals surface area contributed by atoms with E-state index in [1.165, 1.54) is 0 Å². The van der Waals surface area contributed by atoms with Gasteiger partial charge >= 0.3 is 0 Å². The maximum Gasteiger partial charge on any atom is 0.228 e. The number of carbonyl (C=O) groups excluding carboxylic acids is 1. The minimum absolute atomic E-state index is 0.0823. The molecule has 0 rings (SSSR count). The van der Waals surface area contributed by atoms with Gasteiger partial charge in [0.1, 0.15) is 6.04 Å². The fourth-order valence-electron chi connectivity index (χ4n) is 0.535. The molecule has 0 aromatic heterocycles. The van der Waals surface area contributed by atoms with E-state index in [0.29, 0.717) is 0 Å². The maximum atomic E-state index is 11.0. The summed E-state index contributed by atoms with van der Waals surface area (Å²) in [6.07, 6.45) is 0. The van der Waals surface area contributed by atoms with Crippen LogP contribution in [0, 0.1) is 0 Å². The van der Waals surface area contributed by atoms with Crippen LogP contribution in [0.1, 0.15) is 20.8 Å². The van der Waals surface area contributed by atoms with E-state index in [1.54, 1.807) is 6.92 Å². The molecule has 0 bridgehead atoms. The Bertz CT molecular complexity index is 183. The van der Waals surface area contributed by atoms with E-state index in [-0.39, 0.29) is 11.9 Å². The van der Waals surface area contributed by atoms with Crippen molar-refractivity contribution in [1.82, 2.24) is 5.32 Å². The lowest BCUT2D eigenvalue weighted by atomic mass is 10.3. The molecule has 5 heteroatoms. The molecular formula is C6H12N4O. The van der Waals surface area contributed by atoms with Gasteiger partial charge in [0.15, 0.2) is 0 Å². The Morgan fingerprint density at radius 3 is 2.45 bits per heavy atom. The zero-order valence-corrected chi connectivity index (χ0v) is 6.90. The molecule has 0 aromatic carbocycles. The van der Waals surface area contributed by atoms with Crippen LogP contribution in [0.2, 0.25) is 0 Å². The first-order valence-corrected chi connectivity index (χ1v) is 3.42. The molecule has 0 fully saturated rings. The van der Waals surface area contributed by atoms with Gasteiger partial charge in [-0.25, -0.2) is 0 Å². The van der Waals surface area contributed by atoms with Crippen molar-refractivity contribution in [3.8, 4) is 0 Å². The Kier molecular flexibility index (Phi) is 4.07. The van der Waals surface area contributed by atoms with Gasteiger partial charge in [0, 0.05) is 11.0 Å². The number of carbonyl (C=O) groups is 1.